The minimum atomic E-state index is -1.19. The predicted octanol–water partition coefficient (Wildman–Crippen LogP) is 2.23. The van der Waals surface area contributed by atoms with E-state index in [1.54, 1.807) is 25.3 Å². The number of hydrogen-bond acceptors (Lipinski definition) is 4. The first-order valence-electron chi connectivity index (χ1n) is 6.62. The quantitative estimate of drug-likeness (QED) is 0.887. The van der Waals surface area contributed by atoms with Crippen molar-refractivity contribution in [2.24, 2.45) is 5.73 Å². The number of benzene rings is 2. The zero-order chi connectivity index (χ0) is 14.9. The van der Waals surface area contributed by atoms with Crippen LogP contribution in [0.15, 0.2) is 48.5 Å². The van der Waals surface area contributed by atoms with Gasteiger partial charge < -0.3 is 14.8 Å². The topological polar surface area (TPSA) is 73.6 Å². The molecule has 5 nitrogen and oxygen atoms in total. The van der Waals surface area contributed by atoms with Crippen LogP contribution in [-0.4, -0.2) is 13.0 Å². The van der Waals surface area contributed by atoms with Gasteiger partial charge in [0.15, 0.2) is 5.72 Å². The van der Waals surface area contributed by atoms with Crippen LogP contribution in [0.3, 0.4) is 0 Å². The molecule has 0 aromatic heterocycles. The van der Waals surface area contributed by atoms with Gasteiger partial charge in [-0.2, -0.15) is 0 Å². The van der Waals surface area contributed by atoms with Crippen molar-refractivity contribution in [3.05, 3.63) is 54.1 Å². The van der Waals surface area contributed by atoms with Crippen molar-refractivity contribution in [2.45, 2.75) is 12.1 Å². The normalized spacial score (nSPS) is 20.8. The number of anilines is 1. The molecule has 1 aliphatic rings. The second-order valence-electron chi connectivity index (χ2n) is 4.94. The molecule has 3 N–H and O–H groups in total. The first-order valence-corrected chi connectivity index (χ1v) is 6.62. The summed E-state index contributed by atoms with van der Waals surface area (Å²) in [6, 6.07) is 14.5. The van der Waals surface area contributed by atoms with Crippen molar-refractivity contribution in [3.63, 3.8) is 0 Å². The molecule has 1 amide bonds. The van der Waals surface area contributed by atoms with Gasteiger partial charge in [0.2, 0.25) is 5.91 Å². The lowest BCUT2D eigenvalue weighted by atomic mass is 10.00. The Kier molecular flexibility index (Phi) is 3.27. The number of ether oxygens (including phenoxy) is 2. The lowest BCUT2D eigenvalue weighted by molar-refractivity contribution is -0.119. The molecule has 0 saturated heterocycles. The highest BCUT2D eigenvalue weighted by Crippen LogP contribution is 2.37. The van der Waals surface area contributed by atoms with Gasteiger partial charge in [-0.25, -0.2) is 0 Å². The fraction of sp³-hybridized carbons (Fsp3) is 0.188. The molecule has 0 bridgehead atoms. The summed E-state index contributed by atoms with van der Waals surface area (Å²) in [4.78, 5) is 12.1. The Morgan fingerprint density at radius 1 is 1.24 bits per heavy atom. The Bertz CT molecular complexity index is 672. The van der Waals surface area contributed by atoms with Crippen molar-refractivity contribution in [1.82, 2.24) is 0 Å². The van der Waals surface area contributed by atoms with E-state index in [4.69, 9.17) is 15.2 Å². The lowest BCUT2D eigenvalue weighted by Gasteiger charge is -2.28. The van der Waals surface area contributed by atoms with E-state index in [0.29, 0.717) is 17.2 Å². The molecule has 21 heavy (non-hydrogen) atoms. The van der Waals surface area contributed by atoms with Crippen LogP contribution in [0.1, 0.15) is 12.0 Å². The Labute approximate surface area is 122 Å². The first kappa shape index (κ1) is 13.5. The summed E-state index contributed by atoms with van der Waals surface area (Å²) in [6.45, 7) is 0. The predicted molar refractivity (Wildman–Crippen MR) is 79.2 cm³/mol. The molecule has 0 fully saturated rings. The summed E-state index contributed by atoms with van der Waals surface area (Å²) in [5.74, 6) is 0.961. The highest BCUT2D eigenvalue weighted by Gasteiger charge is 2.36. The molecule has 108 valence electrons. The third-order valence-electron chi connectivity index (χ3n) is 3.44. The van der Waals surface area contributed by atoms with Gasteiger partial charge in [0.1, 0.15) is 11.5 Å². The Hall–Kier alpha value is -2.53. The number of nitrogens with one attached hydrogen (secondary N) is 1. The fourth-order valence-electron chi connectivity index (χ4n) is 2.37. The third kappa shape index (κ3) is 2.55. The largest absolute Gasteiger partial charge is 0.497 e. The Morgan fingerprint density at radius 2 is 2.00 bits per heavy atom. The van der Waals surface area contributed by atoms with Gasteiger partial charge in [-0.3, -0.25) is 10.5 Å². The van der Waals surface area contributed by atoms with E-state index in [1.165, 1.54) is 0 Å². The number of fused-ring (bicyclic) bond motifs is 1. The molecule has 1 atom stereocenters. The zero-order valence-electron chi connectivity index (χ0n) is 11.6. The molecule has 1 unspecified atom stereocenters. The Morgan fingerprint density at radius 3 is 2.71 bits per heavy atom. The molecule has 3 rings (SSSR count). The third-order valence-corrected chi connectivity index (χ3v) is 3.44. The average molecular weight is 284 g/mol. The lowest BCUT2D eigenvalue weighted by Crippen LogP contribution is -2.44. The van der Waals surface area contributed by atoms with Crippen LogP contribution in [0.25, 0.3) is 0 Å². The number of carbonyl (C=O) groups excluding carboxylic acids is 1. The number of hydrogen-bond donors (Lipinski definition) is 2. The van der Waals surface area contributed by atoms with Crippen molar-refractivity contribution < 1.29 is 14.3 Å². The molecule has 0 radical (unpaired) electrons. The highest BCUT2D eigenvalue weighted by atomic mass is 16.5. The Balaban J connectivity index is 2.04. The SMILES string of the molecule is COc1ccc2c(c1)NC(=O)CC(N)(c1ccccc1)O2. The molecule has 2 aromatic carbocycles. The van der Waals surface area contributed by atoms with Crippen LogP contribution in [0.5, 0.6) is 11.5 Å². The molecule has 5 heteroatoms. The summed E-state index contributed by atoms with van der Waals surface area (Å²) in [6.07, 6.45) is 0.0357. The summed E-state index contributed by atoms with van der Waals surface area (Å²) in [5, 5.41) is 2.80. The standard InChI is InChI=1S/C16H16N2O3/c1-20-12-7-8-14-13(9-12)18-15(19)10-16(17,21-14)11-5-3-2-4-6-11/h2-9H,10,17H2,1H3,(H,18,19). The molecule has 2 aromatic rings. The van der Waals surface area contributed by atoms with Crippen LogP contribution in [0.2, 0.25) is 0 Å². The average Bonchev–Trinajstić information content (AvgIpc) is 2.62. The molecular weight excluding hydrogens is 268 g/mol. The summed E-state index contributed by atoms with van der Waals surface area (Å²) >= 11 is 0. The smallest absolute Gasteiger partial charge is 0.230 e. The molecular formula is C16H16N2O3. The molecule has 1 heterocycles. The van der Waals surface area contributed by atoms with Crippen molar-refractivity contribution in [3.8, 4) is 11.5 Å². The fourth-order valence-corrected chi connectivity index (χ4v) is 2.37. The van der Waals surface area contributed by atoms with Crippen LogP contribution in [0, 0.1) is 0 Å². The van der Waals surface area contributed by atoms with Gasteiger partial charge in [0.05, 0.1) is 19.2 Å². The van der Waals surface area contributed by atoms with Gasteiger partial charge in [0.25, 0.3) is 0 Å². The summed E-state index contributed by atoms with van der Waals surface area (Å²) < 4.78 is 11.1. The number of amides is 1. The minimum Gasteiger partial charge on any atom is -0.497 e. The maximum Gasteiger partial charge on any atom is 0.230 e. The van der Waals surface area contributed by atoms with Gasteiger partial charge >= 0.3 is 0 Å². The van der Waals surface area contributed by atoms with E-state index in [-0.39, 0.29) is 12.3 Å². The first-order chi connectivity index (χ1) is 10.1. The van der Waals surface area contributed by atoms with Crippen molar-refractivity contribution in [2.75, 3.05) is 12.4 Å². The van der Waals surface area contributed by atoms with Crippen molar-refractivity contribution >= 4 is 11.6 Å². The molecule has 1 aliphatic heterocycles. The maximum atomic E-state index is 12.1. The zero-order valence-corrected chi connectivity index (χ0v) is 11.6. The van der Waals surface area contributed by atoms with Crippen LogP contribution >= 0.6 is 0 Å². The van der Waals surface area contributed by atoms with Gasteiger partial charge in [-0.1, -0.05) is 30.3 Å². The van der Waals surface area contributed by atoms with Crippen molar-refractivity contribution in [1.29, 1.82) is 0 Å². The second-order valence-corrected chi connectivity index (χ2v) is 4.94. The number of rotatable bonds is 2. The van der Waals surface area contributed by atoms with Gasteiger partial charge in [0, 0.05) is 11.6 Å². The maximum absolute atomic E-state index is 12.1. The number of nitrogens with two attached hydrogens (primary N) is 1. The molecule has 0 saturated carbocycles. The molecule has 0 aliphatic carbocycles. The second kappa shape index (κ2) is 5.10. The van der Waals surface area contributed by atoms with Gasteiger partial charge in [-0.15, -0.1) is 0 Å². The van der Waals surface area contributed by atoms with E-state index in [2.05, 4.69) is 5.32 Å². The van der Waals surface area contributed by atoms with E-state index in [0.717, 1.165) is 5.56 Å². The van der Waals surface area contributed by atoms with Crippen LogP contribution in [0.4, 0.5) is 5.69 Å². The summed E-state index contributed by atoms with van der Waals surface area (Å²) in [7, 11) is 1.57. The monoisotopic (exact) mass is 284 g/mol. The van der Waals surface area contributed by atoms with E-state index in [9.17, 15) is 4.79 Å². The van der Waals surface area contributed by atoms with E-state index in [1.807, 2.05) is 30.3 Å². The highest BCUT2D eigenvalue weighted by molar-refractivity contribution is 5.94. The number of carbonyl (C=O) groups is 1. The van der Waals surface area contributed by atoms with E-state index >= 15 is 0 Å². The summed E-state index contributed by atoms with van der Waals surface area (Å²) in [5.41, 5.74) is 6.46. The number of methoxy groups -OCH3 is 1. The van der Waals surface area contributed by atoms with Gasteiger partial charge in [-0.05, 0) is 12.1 Å². The van der Waals surface area contributed by atoms with Crippen LogP contribution < -0.4 is 20.5 Å². The van der Waals surface area contributed by atoms with E-state index < -0.39 is 5.72 Å². The minimum absolute atomic E-state index is 0.0357. The van der Waals surface area contributed by atoms with Crippen LogP contribution in [-0.2, 0) is 10.5 Å². The molecule has 0 spiro atoms.